The van der Waals surface area contributed by atoms with Crippen LogP contribution in [0.5, 0.6) is 5.75 Å². The Morgan fingerprint density at radius 1 is 1.00 bits per heavy atom. The lowest BCUT2D eigenvalue weighted by Gasteiger charge is -2.27. The average molecular weight is 443 g/mol. The van der Waals surface area contributed by atoms with Crippen LogP contribution in [0.2, 0.25) is 0 Å². The molecule has 170 valence electrons. The number of nitrogens with zero attached hydrogens (tertiary/aromatic N) is 1. The van der Waals surface area contributed by atoms with Crippen LogP contribution in [0, 0.1) is 5.41 Å². The number of carbonyl (C=O) groups excluding carboxylic acids is 2. The van der Waals surface area contributed by atoms with Gasteiger partial charge in [0.25, 0.3) is 0 Å². The Bertz CT molecular complexity index is 1130. The highest BCUT2D eigenvalue weighted by Gasteiger charge is 2.45. The summed E-state index contributed by atoms with van der Waals surface area (Å²) in [5.74, 6) is 0.251. The fourth-order valence-electron chi connectivity index (χ4n) is 4.73. The van der Waals surface area contributed by atoms with Crippen LogP contribution in [-0.4, -0.2) is 36.9 Å². The number of amides is 2. The van der Waals surface area contributed by atoms with Crippen LogP contribution < -0.4 is 10.5 Å². The van der Waals surface area contributed by atoms with E-state index < -0.39 is 5.41 Å². The van der Waals surface area contributed by atoms with Gasteiger partial charge in [0.1, 0.15) is 5.75 Å². The summed E-state index contributed by atoms with van der Waals surface area (Å²) < 4.78 is 5.47. The van der Waals surface area contributed by atoms with E-state index in [1.54, 1.807) is 12.0 Å². The molecular weight excluding hydrogens is 412 g/mol. The number of ether oxygens (including phenoxy) is 1. The number of likely N-dealkylation sites (tertiary alicyclic amines) is 1. The molecule has 1 aliphatic heterocycles. The van der Waals surface area contributed by atoms with Gasteiger partial charge in [-0.2, -0.15) is 0 Å². The standard InChI is InChI=1S/C28H30N2O3/c1-20(22-8-4-3-5-9-22)26(31)30-17-16-28(19-30,27(29)32)18-21-12-14-23(15-13-21)24-10-6-7-11-25(24)33-2/h3-15,20H,16-19H2,1-2H3,(H2,29,32)/t20-,28-/m0/s1. The average Bonchev–Trinajstić information content (AvgIpc) is 3.29. The van der Waals surface area contributed by atoms with E-state index in [2.05, 4.69) is 0 Å². The van der Waals surface area contributed by atoms with Crippen molar-refractivity contribution in [3.05, 3.63) is 90.0 Å². The van der Waals surface area contributed by atoms with E-state index >= 15 is 0 Å². The number of methoxy groups -OCH3 is 1. The number of hydrogen-bond acceptors (Lipinski definition) is 3. The molecule has 5 nitrogen and oxygen atoms in total. The fourth-order valence-corrected chi connectivity index (χ4v) is 4.73. The van der Waals surface area contributed by atoms with Crippen LogP contribution in [-0.2, 0) is 16.0 Å². The molecule has 1 aliphatic rings. The Balaban J connectivity index is 1.50. The number of carbonyl (C=O) groups is 2. The van der Waals surface area contributed by atoms with Crippen molar-refractivity contribution in [3.8, 4) is 16.9 Å². The van der Waals surface area contributed by atoms with E-state index in [0.717, 1.165) is 28.0 Å². The highest BCUT2D eigenvalue weighted by molar-refractivity contribution is 5.87. The molecule has 5 heteroatoms. The molecule has 1 heterocycles. The van der Waals surface area contributed by atoms with Crippen LogP contribution in [0.15, 0.2) is 78.9 Å². The van der Waals surface area contributed by atoms with Gasteiger partial charge in [-0.15, -0.1) is 0 Å². The topological polar surface area (TPSA) is 72.6 Å². The summed E-state index contributed by atoms with van der Waals surface area (Å²) >= 11 is 0. The second kappa shape index (κ2) is 9.49. The maximum atomic E-state index is 13.1. The van der Waals surface area contributed by atoms with Crippen LogP contribution >= 0.6 is 0 Å². The summed E-state index contributed by atoms with van der Waals surface area (Å²) in [4.78, 5) is 27.5. The Labute approximate surface area is 195 Å². The van der Waals surface area contributed by atoms with Crippen LogP contribution in [0.4, 0.5) is 0 Å². The smallest absolute Gasteiger partial charge is 0.229 e. The Morgan fingerprint density at radius 2 is 1.67 bits per heavy atom. The molecule has 3 aromatic carbocycles. The minimum Gasteiger partial charge on any atom is -0.496 e. The highest BCUT2D eigenvalue weighted by atomic mass is 16.5. The second-order valence-electron chi connectivity index (χ2n) is 8.86. The lowest BCUT2D eigenvalue weighted by atomic mass is 9.80. The van der Waals surface area contributed by atoms with Crippen molar-refractivity contribution < 1.29 is 14.3 Å². The number of rotatable bonds is 7. The first-order chi connectivity index (χ1) is 15.9. The SMILES string of the molecule is COc1ccccc1-c1ccc(C[C@@]2(C(N)=O)CCN(C(=O)[C@@H](C)c3ccccc3)C2)cc1. The molecule has 1 saturated heterocycles. The third kappa shape index (κ3) is 4.63. The molecule has 2 N–H and O–H groups in total. The van der Waals surface area contributed by atoms with Crippen LogP contribution in [0.3, 0.4) is 0 Å². The summed E-state index contributed by atoms with van der Waals surface area (Å²) in [5.41, 5.74) is 9.21. The predicted octanol–water partition coefficient (Wildman–Crippen LogP) is 4.41. The highest BCUT2D eigenvalue weighted by Crippen LogP contribution is 2.37. The van der Waals surface area contributed by atoms with Crippen LogP contribution in [0.1, 0.15) is 30.4 Å². The zero-order valence-corrected chi connectivity index (χ0v) is 19.2. The number of hydrogen-bond donors (Lipinski definition) is 1. The van der Waals surface area contributed by atoms with E-state index in [-0.39, 0.29) is 17.7 Å². The number of benzene rings is 3. The second-order valence-corrected chi connectivity index (χ2v) is 8.86. The Kier molecular flexibility index (Phi) is 6.50. The van der Waals surface area contributed by atoms with Crippen molar-refractivity contribution in [2.24, 2.45) is 11.1 Å². The molecule has 3 aromatic rings. The normalized spacial score (nSPS) is 18.7. The zero-order valence-electron chi connectivity index (χ0n) is 19.2. The Hall–Kier alpha value is -3.60. The van der Waals surface area contributed by atoms with Crippen molar-refractivity contribution in [3.63, 3.8) is 0 Å². The molecule has 0 spiro atoms. The third-order valence-corrected chi connectivity index (χ3v) is 6.77. The van der Waals surface area contributed by atoms with Crippen LogP contribution in [0.25, 0.3) is 11.1 Å². The molecule has 2 atom stereocenters. The lowest BCUT2D eigenvalue weighted by molar-refractivity contribution is -0.133. The largest absolute Gasteiger partial charge is 0.496 e. The van der Waals surface area contributed by atoms with Gasteiger partial charge in [0.05, 0.1) is 18.4 Å². The maximum absolute atomic E-state index is 13.1. The fraction of sp³-hybridized carbons (Fsp3) is 0.286. The van der Waals surface area contributed by atoms with Gasteiger partial charge < -0.3 is 15.4 Å². The van der Waals surface area contributed by atoms with Gasteiger partial charge in [0, 0.05) is 18.7 Å². The molecule has 4 rings (SSSR count). The summed E-state index contributed by atoms with van der Waals surface area (Å²) in [5, 5.41) is 0. The van der Waals surface area contributed by atoms with Gasteiger partial charge in [0.15, 0.2) is 0 Å². The van der Waals surface area contributed by atoms with Gasteiger partial charge >= 0.3 is 0 Å². The maximum Gasteiger partial charge on any atom is 0.229 e. The summed E-state index contributed by atoms with van der Waals surface area (Å²) in [6, 6.07) is 25.8. The van der Waals surface area contributed by atoms with Crippen molar-refractivity contribution in [2.75, 3.05) is 20.2 Å². The molecular formula is C28H30N2O3. The third-order valence-electron chi connectivity index (χ3n) is 6.77. The van der Waals surface area contributed by atoms with Gasteiger partial charge in [-0.1, -0.05) is 72.8 Å². The minimum absolute atomic E-state index is 0.0378. The quantitative estimate of drug-likeness (QED) is 0.589. The number of para-hydroxylation sites is 1. The van der Waals surface area contributed by atoms with E-state index in [9.17, 15) is 9.59 Å². The van der Waals surface area contributed by atoms with E-state index in [1.807, 2.05) is 85.8 Å². The van der Waals surface area contributed by atoms with Crippen molar-refractivity contribution in [1.82, 2.24) is 4.90 Å². The molecule has 0 aliphatic carbocycles. The monoisotopic (exact) mass is 442 g/mol. The van der Waals surface area contributed by atoms with E-state index in [4.69, 9.17) is 10.5 Å². The van der Waals surface area contributed by atoms with Gasteiger partial charge in [-0.05, 0) is 42.5 Å². The zero-order chi connectivity index (χ0) is 23.4. The predicted molar refractivity (Wildman–Crippen MR) is 130 cm³/mol. The van der Waals surface area contributed by atoms with Gasteiger partial charge in [-0.3, -0.25) is 9.59 Å². The van der Waals surface area contributed by atoms with Crippen molar-refractivity contribution in [2.45, 2.75) is 25.7 Å². The molecule has 1 fully saturated rings. The van der Waals surface area contributed by atoms with Crippen molar-refractivity contribution >= 4 is 11.8 Å². The molecule has 2 amide bonds. The number of nitrogens with two attached hydrogens (primary N) is 1. The summed E-state index contributed by atoms with van der Waals surface area (Å²) in [7, 11) is 1.66. The lowest BCUT2D eigenvalue weighted by Crippen LogP contribution is -2.43. The molecule has 0 unspecified atom stereocenters. The summed E-state index contributed by atoms with van der Waals surface area (Å²) in [6.07, 6.45) is 1.09. The molecule has 0 aromatic heterocycles. The molecule has 0 saturated carbocycles. The first-order valence-electron chi connectivity index (χ1n) is 11.3. The van der Waals surface area contributed by atoms with Gasteiger partial charge in [-0.25, -0.2) is 0 Å². The number of primary amides is 1. The molecule has 0 radical (unpaired) electrons. The first kappa shape index (κ1) is 22.6. The molecule has 0 bridgehead atoms. The first-order valence-corrected chi connectivity index (χ1v) is 11.3. The minimum atomic E-state index is -0.752. The molecule has 33 heavy (non-hydrogen) atoms. The van der Waals surface area contributed by atoms with E-state index in [1.165, 1.54) is 0 Å². The van der Waals surface area contributed by atoms with E-state index in [0.29, 0.717) is 25.9 Å². The van der Waals surface area contributed by atoms with Crippen molar-refractivity contribution in [1.29, 1.82) is 0 Å². The Morgan fingerprint density at radius 3 is 2.33 bits per heavy atom. The summed E-state index contributed by atoms with van der Waals surface area (Å²) in [6.45, 7) is 2.81. The van der Waals surface area contributed by atoms with Gasteiger partial charge in [0.2, 0.25) is 11.8 Å².